The number of hydrogen-bond donors (Lipinski definition) is 1. The van der Waals surface area contributed by atoms with Gasteiger partial charge in [-0.3, -0.25) is 0 Å². The molecule has 2 aromatic rings. The van der Waals surface area contributed by atoms with Crippen molar-refractivity contribution < 1.29 is 17.9 Å². The van der Waals surface area contributed by atoms with Gasteiger partial charge in [-0.2, -0.15) is 0 Å². The molecule has 0 bridgehead atoms. The first-order valence-corrected chi connectivity index (χ1v) is 5.06. The van der Waals surface area contributed by atoms with Crippen LogP contribution in [0.2, 0.25) is 0 Å². The molecule has 0 saturated heterocycles. The first-order valence-electron chi connectivity index (χ1n) is 4.25. The summed E-state index contributed by atoms with van der Waals surface area (Å²) in [6.07, 6.45) is -4.73. The third kappa shape index (κ3) is 2.25. The van der Waals surface area contributed by atoms with E-state index in [2.05, 4.69) is 15.2 Å². The number of alkyl halides is 3. The monoisotopic (exact) mass is 247 g/mol. The van der Waals surface area contributed by atoms with Gasteiger partial charge in [-0.15, -0.1) is 24.5 Å². The van der Waals surface area contributed by atoms with Crippen molar-refractivity contribution in [2.75, 3.05) is 0 Å². The van der Waals surface area contributed by atoms with Crippen LogP contribution in [-0.4, -0.2) is 11.3 Å². The zero-order valence-corrected chi connectivity index (χ0v) is 8.65. The van der Waals surface area contributed by atoms with Crippen molar-refractivity contribution in [3.63, 3.8) is 0 Å². The maximum Gasteiger partial charge on any atom is 0.573 e. The topological polar surface area (TPSA) is 48.1 Å². The highest BCUT2D eigenvalue weighted by Gasteiger charge is 2.32. The van der Waals surface area contributed by atoms with Crippen LogP contribution in [0.1, 0.15) is 5.56 Å². The van der Waals surface area contributed by atoms with Crippen molar-refractivity contribution in [2.45, 2.75) is 12.9 Å². The molecule has 3 nitrogen and oxygen atoms in total. The molecule has 0 fully saturated rings. The van der Waals surface area contributed by atoms with E-state index in [1.807, 2.05) is 0 Å². The fourth-order valence-electron chi connectivity index (χ4n) is 1.26. The van der Waals surface area contributed by atoms with Gasteiger partial charge in [0, 0.05) is 6.54 Å². The third-order valence-electron chi connectivity index (χ3n) is 1.87. The second-order valence-electron chi connectivity index (χ2n) is 3.00. The summed E-state index contributed by atoms with van der Waals surface area (Å²) in [7, 11) is 0. The van der Waals surface area contributed by atoms with Gasteiger partial charge in [0.1, 0.15) is 5.52 Å². The Morgan fingerprint density at radius 2 is 2.19 bits per heavy atom. The molecule has 1 heterocycles. The minimum atomic E-state index is -4.73. The van der Waals surface area contributed by atoms with Crippen molar-refractivity contribution >= 4 is 21.6 Å². The van der Waals surface area contributed by atoms with Crippen LogP contribution < -0.4 is 10.5 Å². The Kier molecular flexibility index (Phi) is 2.73. The summed E-state index contributed by atoms with van der Waals surface area (Å²) in [6, 6.07) is 2.91. The molecule has 0 aliphatic rings. The van der Waals surface area contributed by atoms with Gasteiger partial charge in [-0.25, -0.2) is 4.98 Å². The molecule has 1 aromatic heterocycles. The molecule has 16 heavy (non-hydrogen) atoms. The van der Waals surface area contributed by atoms with E-state index in [9.17, 15) is 13.2 Å². The van der Waals surface area contributed by atoms with Crippen LogP contribution in [-0.2, 0) is 6.54 Å². The van der Waals surface area contributed by atoms with Crippen LogP contribution in [0, 0.1) is 5.51 Å². The molecule has 2 N–H and O–H groups in total. The average Bonchev–Trinajstić information content (AvgIpc) is 2.63. The summed E-state index contributed by atoms with van der Waals surface area (Å²) < 4.78 is 40.8. The summed E-state index contributed by atoms with van der Waals surface area (Å²) in [5.41, 5.74) is 8.61. The Labute approximate surface area is 92.7 Å². The third-order valence-corrected chi connectivity index (χ3v) is 2.59. The molecule has 0 spiro atoms. The van der Waals surface area contributed by atoms with E-state index in [-0.39, 0.29) is 17.8 Å². The number of fused-ring (bicyclic) bond motifs is 1. The second-order valence-corrected chi connectivity index (χ2v) is 3.82. The predicted octanol–water partition coefficient (Wildman–Crippen LogP) is 2.45. The number of halogens is 3. The largest absolute Gasteiger partial charge is 0.573 e. The molecule has 0 saturated carbocycles. The van der Waals surface area contributed by atoms with Crippen molar-refractivity contribution in [1.82, 2.24) is 4.98 Å². The van der Waals surface area contributed by atoms with E-state index >= 15 is 0 Å². The Balaban J connectivity index is 2.52. The van der Waals surface area contributed by atoms with Crippen molar-refractivity contribution in [3.05, 3.63) is 23.2 Å². The lowest BCUT2D eigenvalue weighted by Gasteiger charge is -2.10. The highest BCUT2D eigenvalue weighted by atomic mass is 32.1. The molecule has 0 atom stereocenters. The maximum atomic E-state index is 12.1. The molecular weight excluding hydrogens is 241 g/mol. The minimum Gasteiger partial charge on any atom is -0.403 e. The average molecular weight is 247 g/mol. The Morgan fingerprint density at radius 1 is 1.44 bits per heavy atom. The van der Waals surface area contributed by atoms with E-state index in [1.54, 1.807) is 6.07 Å². The number of rotatable bonds is 2. The SMILES string of the molecule is NCc1cc(OC(F)(F)F)c2n[c]sc2c1. The number of nitrogens with zero attached hydrogens (tertiary/aromatic N) is 1. The molecule has 0 amide bonds. The van der Waals surface area contributed by atoms with Gasteiger partial charge in [0.15, 0.2) is 11.3 Å². The number of hydrogen-bond acceptors (Lipinski definition) is 4. The molecular formula is C9H6F3N2OS. The summed E-state index contributed by atoms with van der Waals surface area (Å²) in [4.78, 5) is 3.71. The zero-order chi connectivity index (χ0) is 11.8. The molecule has 85 valence electrons. The first-order chi connectivity index (χ1) is 7.49. The van der Waals surface area contributed by atoms with Crippen LogP contribution in [0.5, 0.6) is 5.75 Å². The molecule has 1 radical (unpaired) electrons. The molecule has 0 aliphatic carbocycles. The summed E-state index contributed by atoms with van der Waals surface area (Å²) >= 11 is 1.12. The van der Waals surface area contributed by atoms with Crippen LogP contribution in [0.25, 0.3) is 10.2 Å². The lowest BCUT2D eigenvalue weighted by molar-refractivity contribution is -0.274. The lowest BCUT2D eigenvalue weighted by atomic mass is 10.2. The van der Waals surface area contributed by atoms with Gasteiger partial charge in [0.25, 0.3) is 0 Å². The first kappa shape index (κ1) is 11.2. The normalized spacial score (nSPS) is 12.0. The van der Waals surface area contributed by atoms with Gasteiger partial charge in [-0.05, 0) is 17.7 Å². The fourth-order valence-corrected chi connectivity index (χ4v) is 1.95. The molecule has 7 heteroatoms. The summed E-state index contributed by atoms with van der Waals surface area (Å²) in [5, 5.41) is 0. The molecule has 0 aliphatic heterocycles. The second kappa shape index (κ2) is 3.91. The highest BCUT2D eigenvalue weighted by molar-refractivity contribution is 7.16. The van der Waals surface area contributed by atoms with Crippen LogP contribution >= 0.6 is 11.3 Å². The number of ether oxygens (including phenoxy) is 1. The van der Waals surface area contributed by atoms with Crippen molar-refractivity contribution in [1.29, 1.82) is 0 Å². The van der Waals surface area contributed by atoms with E-state index in [1.165, 1.54) is 6.07 Å². The minimum absolute atomic E-state index is 0.141. The highest BCUT2D eigenvalue weighted by Crippen LogP contribution is 2.32. The number of thiazole rings is 1. The van der Waals surface area contributed by atoms with E-state index in [4.69, 9.17) is 5.73 Å². The predicted molar refractivity (Wildman–Crippen MR) is 53.0 cm³/mol. The standard InChI is InChI=1S/C9H6F3N2OS/c10-9(11,12)15-6-1-5(3-13)2-7-8(6)14-4-16-7/h1-2H,3,13H2. The molecule has 1 aromatic carbocycles. The van der Waals surface area contributed by atoms with Crippen LogP contribution in [0.15, 0.2) is 12.1 Å². The quantitative estimate of drug-likeness (QED) is 0.886. The van der Waals surface area contributed by atoms with Crippen LogP contribution in [0.3, 0.4) is 0 Å². The Bertz CT molecular complexity index is 509. The molecule has 0 unspecified atom stereocenters. The fraction of sp³-hybridized carbons (Fsp3) is 0.222. The van der Waals surface area contributed by atoms with Crippen LogP contribution in [0.4, 0.5) is 13.2 Å². The van der Waals surface area contributed by atoms with Gasteiger partial charge >= 0.3 is 6.36 Å². The van der Waals surface area contributed by atoms with E-state index in [0.29, 0.717) is 10.3 Å². The van der Waals surface area contributed by atoms with Gasteiger partial charge < -0.3 is 10.5 Å². The summed E-state index contributed by atoms with van der Waals surface area (Å²) in [5.74, 6) is -0.331. The van der Waals surface area contributed by atoms with E-state index < -0.39 is 6.36 Å². The van der Waals surface area contributed by atoms with Gasteiger partial charge in [0.05, 0.1) is 4.70 Å². The Morgan fingerprint density at radius 3 is 2.81 bits per heavy atom. The maximum absolute atomic E-state index is 12.1. The number of benzene rings is 1. The van der Waals surface area contributed by atoms with Crippen molar-refractivity contribution in [3.8, 4) is 5.75 Å². The zero-order valence-electron chi connectivity index (χ0n) is 7.84. The number of aromatic nitrogens is 1. The van der Waals surface area contributed by atoms with Gasteiger partial charge in [-0.1, -0.05) is 0 Å². The van der Waals surface area contributed by atoms with Crippen molar-refractivity contribution in [2.24, 2.45) is 5.73 Å². The molecule has 2 rings (SSSR count). The Hall–Kier alpha value is -1.34. The smallest absolute Gasteiger partial charge is 0.403 e. The number of nitrogens with two attached hydrogens (primary N) is 1. The summed E-state index contributed by atoms with van der Waals surface area (Å²) in [6.45, 7) is 0.141. The lowest BCUT2D eigenvalue weighted by Crippen LogP contribution is -2.17. The van der Waals surface area contributed by atoms with E-state index in [0.717, 1.165) is 11.3 Å². The van der Waals surface area contributed by atoms with Gasteiger partial charge in [0.2, 0.25) is 0 Å².